The number of benzene rings is 2. The highest BCUT2D eigenvalue weighted by molar-refractivity contribution is 7.89. The van der Waals surface area contributed by atoms with Crippen LogP contribution in [0.2, 0.25) is 5.02 Å². The lowest BCUT2D eigenvalue weighted by molar-refractivity contribution is -0.124. The van der Waals surface area contributed by atoms with Crippen LogP contribution in [0.25, 0.3) is 0 Å². The summed E-state index contributed by atoms with van der Waals surface area (Å²) in [6.45, 7) is 4.00. The van der Waals surface area contributed by atoms with Gasteiger partial charge in [0.15, 0.2) is 6.61 Å². The molecule has 2 unspecified atom stereocenters. The summed E-state index contributed by atoms with van der Waals surface area (Å²) in [6.07, 6.45) is -0.401. The fourth-order valence-corrected chi connectivity index (χ4v) is 5.02. The van der Waals surface area contributed by atoms with Crippen molar-refractivity contribution in [3.05, 3.63) is 64.7 Å². The van der Waals surface area contributed by atoms with Crippen molar-refractivity contribution in [3.63, 3.8) is 0 Å². The summed E-state index contributed by atoms with van der Waals surface area (Å²) >= 11 is 5.82. The molecule has 2 aromatic carbocycles. The lowest BCUT2D eigenvalue weighted by Crippen LogP contribution is -2.48. The highest BCUT2D eigenvalue weighted by Crippen LogP contribution is 2.21. The molecule has 1 heterocycles. The van der Waals surface area contributed by atoms with E-state index in [2.05, 4.69) is 5.32 Å². The minimum Gasteiger partial charge on any atom is -0.452 e. The second kappa shape index (κ2) is 10.4. The first-order valence-electron chi connectivity index (χ1n) is 10.1. The molecule has 1 amide bonds. The number of carbonyl (C=O) groups is 2. The summed E-state index contributed by atoms with van der Waals surface area (Å²) < 4.78 is 37.7. The van der Waals surface area contributed by atoms with Gasteiger partial charge in [0.1, 0.15) is 0 Å². The average molecular weight is 481 g/mol. The SMILES string of the molecule is CC1CN(S(=O)(=O)c2ccc(C(=O)OCC(=O)NCc3ccc(Cl)cc3)cc2)CC(C)O1. The maximum Gasteiger partial charge on any atom is 0.338 e. The van der Waals surface area contributed by atoms with Crippen molar-refractivity contribution in [2.45, 2.75) is 37.5 Å². The number of nitrogens with zero attached hydrogens (tertiary/aromatic N) is 1. The molecular formula is C22H25ClN2O6S. The first-order valence-corrected chi connectivity index (χ1v) is 11.9. The highest BCUT2D eigenvalue weighted by Gasteiger charge is 2.32. The largest absolute Gasteiger partial charge is 0.452 e. The Balaban J connectivity index is 1.53. The number of rotatable bonds is 7. The van der Waals surface area contributed by atoms with Gasteiger partial charge in [-0.25, -0.2) is 13.2 Å². The van der Waals surface area contributed by atoms with Crippen molar-refractivity contribution in [2.75, 3.05) is 19.7 Å². The molecule has 1 fully saturated rings. The fraction of sp³-hybridized carbons (Fsp3) is 0.364. The monoisotopic (exact) mass is 480 g/mol. The molecule has 0 radical (unpaired) electrons. The number of hydrogen-bond acceptors (Lipinski definition) is 6. The summed E-state index contributed by atoms with van der Waals surface area (Å²) in [6, 6.07) is 12.4. The van der Waals surface area contributed by atoms with E-state index in [1.54, 1.807) is 24.3 Å². The van der Waals surface area contributed by atoms with Gasteiger partial charge in [-0.05, 0) is 55.8 Å². The van der Waals surface area contributed by atoms with Gasteiger partial charge >= 0.3 is 5.97 Å². The molecule has 172 valence electrons. The Hall–Kier alpha value is -2.46. The summed E-state index contributed by atoms with van der Waals surface area (Å²) in [7, 11) is -3.70. The molecule has 0 bridgehead atoms. The number of sulfonamides is 1. The molecule has 3 rings (SSSR count). The Bertz CT molecular complexity index is 1050. The van der Waals surface area contributed by atoms with Crippen molar-refractivity contribution in [3.8, 4) is 0 Å². The minimum atomic E-state index is -3.70. The summed E-state index contributed by atoms with van der Waals surface area (Å²) in [5.74, 6) is -1.17. The topological polar surface area (TPSA) is 102 Å². The molecule has 8 nitrogen and oxygen atoms in total. The number of amides is 1. The van der Waals surface area contributed by atoms with Crippen molar-refractivity contribution >= 4 is 33.5 Å². The standard InChI is InChI=1S/C22H25ClN2O6S/c1-15-12-25(13-16(2)31-15)32(28,29)20-9-5-18(6-10-20)22(27)30-14-21(26)24-11-17-3-7-19(23)8-4-17/h3-10,15-16H,11-14H2,1-2H3,(H,24,26). The van der Waals surface area contributed by atoms with Gasteiger partial charge in [0.2, 0.25) is 10.0 Å². The molecule has 0 saturated carbocycles. The first-order chi connectivity index (χ1) is 15.1. The van der Waals surface area contributed by atoms with Crippen LogP contribution in [0.3, 0.4) is 0 Å². The number of ether oxygens (including phenoxy) is 2. The van der Waals surface area contributed by atoms with Gasteiger partial charge in [-0.3, -0.25) is 4.79 Å². The number of carbonyl (C=O) groups excluding carboxylic acids is 2. The van der Waals surface area contributed by atoms with Crippen LogP contribution >= 0.6 is 11.6 Å². The van der Waals surface area contributed by atoms with Gasteiger partial charge in [-0.1, -0.05) is 23.7 Å². The second-order valence-corrected chi connectivity index (χ2v) is 9.96. The van der Waals surface area contributed by atoms with E-state index in [9.17, 15) is 18.0 Å². The van der Waals surface area contributed by atoms with Gasteiger partial charge in [0, 0.05) is 24.7 Å². The number of esters is 1. The van der Waals surface area contributed by atoms with Gasteiger partial charge in [-0.2, -0.15) is 4.31 Å². The Morgan fingerprint density at radius 3 is 2.25 bits per heavy atom. The highest BCUT2D eigenvalue weighted by atomic mass is 35.5. The summed E-state index contributed by atoms with van der Waals surface area (Å²) in [5.41, 5.74) is 1.01. The van der Waals surface area contributed by atoms with Crippen LogP contribution in [0.15, 0.2) is 53.4 Å². The van der Waals surface area contributed by atoms with Crippen molar-refractivity contribution in [2.24, 2.45) is 0 Å². The van der Waals surface area contributed by atoms with Crippen molar-refractivity contribution in [1.82, 2.24) is 9.62 Å². The maximum atomic E-state index is 12.9. The lowest BCUT2D eigenvalue weighted by Gasteiger charge is -2.34. The van der Waals surface area contributed by atoms with Gasteiger partial charge in [0.25, 0.3) is 5.91 Å². The number of halogens is 1. The van der Waals surface area contributed by atoms with Crippen LogP contribution in [-0.2, 0) is 30.8 Å². The third kappa shape index (κ3) is 6.29. The minimum absolute atomic E-state index is 0.0797. The zero-order chi connectivity index (χ0) is 23.3. The number of nitrogens with one attached hydrogen (secondary N) is 1. The van der Waals surface area contributed by atoms with Crippen molar-refractivity contribution < 1.29 is 27.5 Å². The van der Waals surface area contributed by atoms with E-state index in [0.29, 0.717) is 5.02 Å². The summed E-state index contributed by atoms with van der Waals surface area (Å²) in [4.78, 5) is 24.2. The van der Waals surface area contributed by atoms with E-state index >= 15 is 0 Å². The molecule has 0 spiro atoms. The fourth-order valence-electron chi connectivity index (χ4n) is 3.31. The zero-order valence-electron chi connectivity index (χ0n) is 17.8. The molecule has 2 aromatic rings. The number of morpholine rings is 1. The molecule has 0 aromatic heterocycles. The molecule has 1 saturated heterocycles. The Morgan fingerprint density at radius 2 is 1.66 bits per heavy atom. The zero-order valence-corrected chi connectivity index (χ0v) is 19.4. The van der Waals surface area contributed by atoms with E-state index in [0.717, 1.165) is 5.56 Å². The van der Waals surface area contributed by atoms with Gasteiger partial charge < -0.3 is 14.8 Å². The normalized spacial score (nSPS) is 19.3. The van der Waals surface area contributed by atoms with Gasteiger partial charge in [0.05, 0.1) is 22.7 Å². The maximum absolute atomic E-state index is 12.9. The summed E-state index contributed by atoms with van der Waals surface area (Å²) in [5, 5.41) is 3.24. The lowest BCUT2D eigenvalue weighted by atomic mass is 10.2. The third-order valence-electron chi connectivity index (χ3n) is 4.85. The third-order valence-corrected chi connectivity index (χ3v) is 6.95. The Kier molecular flexibility index (Phi) is 7.89. The molecule has 1 aliphatic heterocycles. The predicted octanol–water partition coefficient (Wildman–Crippen LogP) is 2.61. The quantitative estimate of drug-likeness (QED) is 0.611. The van der Waals surface area contributed by atoms with Crippen molar-refractivity contribution in [1.29, 1.82) is 0 Å². The molecular weight excluding hydrogens is 456 g/mol. The van der Waals surface area contributed by atoms with Crippen LogP contribution in [0.1, 0.15) is 29.8 Å². The van der Waals surface area contributed by atoms with Crippen LogP contribution < -0.4 is 5.32 Å². The predicted molar refractivity (Wildman–Crippen MR) is 119 cm³/mol. The van der Waals surface area contributed by atoms with Crippen LogP contribution in [0.4, 0.5) is 0 Å². The molecule has 32 heavy (non-hydrogen) atoms. The average Bonchev–Trinajstić information content (AvgIpc) is 2.76. The van der Waals surface area contributed by atoms with E-state index < -0.39 is 28.5 Å². The van der Waals surface area contributed by atoms with Crippen LogP contribution in [0, 0.1) is 0 Å². The van der Waals surface area contributed by atoms with Crippen LogP contribution in [-0.4, -0.2) is 56.5 Å². The molecule has 2 atom stereocenters. The van der Waals surface area contributed by atoms with E-state index in [1.165, 1.54) is 28.6 Å². The molecule has 1 aliphatic rings. The molecule has 10 heteroatoms. The van der Waals surface area contributed by atoms with E-state index in [1.807, 2.05) is 13.8 Å². The van der Waals surface area contributed by atoms with Gasteiger partial charge in [-0.15, -0.1) is 0 Å². The Morgan fingerprint density at radius 1 is 1.06 bits per heavy atom. The smallest absolute Gasteiger partial charge is 0.338 e. The van der Waals surface area contributed by atoms with E-state index in [4.69, 9.17) is 21.1 Å². The molecule has 1 N–H and O–H groups in total. The number of hydrogen-bond donors (Lipinski definition) is 1. The Labute approximate surface area is 192 Å². The van der Waals surface area contributed by atoms with Crippen LogP contribution in [0.5, 0.6) is 0 Å². The first kappa shape index (κ1) is 24.2. The molecule has 0 aliphatic carbocycles. The van der Waals surface area contributed by atoms with E-state index in [-0.39, 0.29) is 42.3 Å². The second-order valence-electron chi connectivity index (χ2n) is 7.58.